The zero-order chi connectivity index (χ0) is 16.1. The van der Waals surface area contributed by atoms with E-state index >= 15 is 0 Å². The Balaban J connectivity index is 1.66. The van der Waals surface area contributed by atoms with Gasteiger partial charge < -0.3 is 15.4 Å². The van der Waals surface area contributed by atoms with E-state index in [1.165, 1.54) is 0 Å². The van der Waals surface area contributed by atoms with E-state index in [4.69, 9.17) is 4.74 Å². The van der Waals surface area contributed by atoms with Crippen molar-refractivity contribution in [2.24, 2.45) is 0 Å². The van der Waals surface area contributed by atoms with Crippen molar-refractivity contribution in [1.82, 2.24) is 15.3 Å². The molecule has 0 saturated carbocycles. The number of ether oxygens (including phenoxy) is 1. The van der Waals surface area contributed by atoms with E-state index in [9.17, 15) is 4.79 Å². The molecule has 0 bridgehead atoms. The summed E-state index contributed by atoms with van der Waals surface area (Å²) in [5.74, 6) is 0. The second kappa shape index (κ2) is 7.19. The molecule has 1 aliphatic heterocycles. The summed E-state index contributed by atoms with van der Waals surface area (Å²) in [4.78, 5) is 20.4. The van der Waals surface area contributed by atoms with Gasteiger partial charge in [-0.05, 0) is 49.6 Å². The Morgan fingerprint density at radius 2 is 2.09 bits per heavy atom. The Morgan fingerprint density at radius 3 is 2.87 bits per heavy atom. The lowest BCUT2D eigenvalue weighted by molar-refractivity contribution is -0.00701. The number of amides is 2. The van der Waals surface area contributed by atoms with Crippen LogP contribution in [-0.2, 0) is 4.74 Å². The van der Waals surface area contributed by atoms with Gasteiger partial charge in [-0.2, -0.15) is 0 Å². The number of pyridine rings is 2. The number of urea groups is 1. The molecular formula is C17H20N4O2. The van der Waals surface area contributed by atoms with E-state index in [0.717, 1.165) is 29.8 Å². The Labute approximate surface area is 135 Å². The third-order valence-electron chi connectivity index (χ3n) is 3.83. The molecule has 1 saturated heterocycles. The third kappa shape index (κ3) is 4.04. The predicted octanol–water partition coefficient (Wildman–Crippen LogP) is 2.83. The van der Waals surface area contributed by atoms with Crippen LogP contribution in [0, 0.1) is 6.92 Å². The van der Waals surface area contributed by atoms with Crippen LogP contribution in [-0.4, -0.2) is 28.6 Å². The van der Waals surface area contributed by atoms with Crippen LogP contribution in [0.3, 0.4) is 0 Å². The van der Waals surface area contributed by atoms with Gasteiger partial charge in [-0.3, -0.25) is 9.97 Å². The van der Waals surface area contributed by atoms with Gasteiger partial charge in [0.25, 0.3) is 0 Å². The van der Waals surface area contributed by atoms with Gasteiger partial charge in [0.1, 0.15) is 6.10 Å². The van der Waals surface area contributed by atoms with Gasteiger partial charge in [0.15, 0.2) is 0 Å². The fourth-order valence-electron chi connectivity index (χ4n) is 2.77. The maximum atomic E-state index is 12.3. The van der Waals surface area contributed by atoms with Crippen LogP contribution in [0.4, 0.5) is 10.5 Å². The van der Waals surface area contributed by atoms with Crippen molar-refractivity contribution in [3.05, 3.63) is 54.1 Å². The highest BCUT2D eigenvalue weighted by Crippen LogP contribution is 2.28. The van der Waals surface area contributed by atoms with Gasteiger partial charge in [-0.15, -0.1) is 0 Å². The highest BCUT2D eigenvalue weighted by Gasteiger charge is 2.28. The zero-order valence-corrected chi connectivity index (χ0v) is 13.0. The Bertz CT molecular complexity index is 663. The Kier molecular flexibility index (Phi) is 4.83. The highest BCUT2D eigenvalue weighted by atomic mass is 16.5. The molecular weight excluding hydrogens is 292 g/mol. The second-order valence-corrected chi connectivity index (χ2v) is 5.61. The number of aromatic nitrogens is 2. The predicted molar refractivity (Wildman–Crippen MR) is 87.1 cm³/mol. The van der Waals surface area contributed by atoms with Gasteiger partial charge in [-0.1, -0.05) is 0 Å². The number of hydrogen-bond donors (Lipinski definition) is 2. The molecule has 1 aliphatic rings. The summed E-state index contributed by atoms with van der Waals surface area (Å²) in [6, 6.07) is 7.16. The maximum absolute atomic E-state index is 12.3. The fourth-order valence-corrected chi connectivity index (χ4v) is 2.77. The van der Waals surface area contributed by atoms with Crippen molar-refractivity contribution in [1.29, 1.82) is 0 Å². The number of nitrogens with one attached hydrogen (secondary N) is 2. The zero-order valence-electron chi connectivity index (χ0n) is 13.0. The average Bonchev–Trinajstić information content (AvgIpc) is 2.56. The molecule has 23 heavy (non-hydrogen) atoms. The van der Waals surface area contributed by atoms with Gasteiger partial charge >= 0.3 is 6.03 Å². The van der Waals surface area contributed by atoms with Gasteiger partial charge in [0.05, 0.1) is 6.04 Å². The Hall–Kier alpha value is -2.47. The molecule has 2 atom stereocenters. The maximum Gasteiger partial charge on any atom is 0.319 e. The number of aryl methyl sites for hydroxylation is 1. The number of rotatable bonds is 3. The van der Waals surface area contributed by atoms with Crippen LogP contribution < -0.4 is 10.6 Å². The summed E-state index contributed by atoms with van der Waals surface area (Å²) < 4.78 is 5.87. The molecule has 3 heterocycles. The van der Waals surface area contributed by atoms with E-state index < -0.39 is 0 Å². The van der Waals surface area contributed by atoms with Crippen molar-refractivity contribution < 1.29 is 9.53 Å². The number of carbonyl (C=O) groups is 1. The van der Waals surface area contributed by atoms with Crippen molar-refractivity contribution in [2.75, 3.05) is 11.9 Å². The van der Waals surface area contributed by atoms with E-state index in [1.54, 1.807) is 24.7 Å². The van der Waals surface area contributed by atoms with Gasteiger partial charge in [0, 0.05) is 36.6 Å². The molecule has 6 heteroatoms. The monoisotopic (exact) mass is 312 g/mol. The van der Waals surface area contributed by atoms with Gasteiger partial charge in [0.2, 0.25) is 0 Å². The van der Waals surface area contributed by atoms with Crippen molar-refractivity contribution in [3.8, 4) is 0 Å². The van der Waals surface area contributed by atoms with Crippen molar-refractivity contribution in [2.45, 2.75) is 31.9 Å². The lowest BCUT2D eigenvalue weighted by atomic mass is 9.97. The van der Waals surface area contributed by atoms with Gasteiger partial charge in [-0.25, -0.2) is 4.79 Å². The standard InChI is InChI=1S/C17H20N4O2/c1-12-11-14(6-9-19-12)20-17(22)21-15-3-2-10-23-16(15)13-4-7-18-8-5-13/h4-9,11,15-16H,2-3,10H2,1H3,(H2,19,20,21,22)/t15-,16+/m0/s1. The van der Waals surface area contributed by atoms with Crippen LogP contribution in [0.5, 0.6) is 0 Å². The number of hydrogen-bond acceptors (Lipinski definition) is 4. The van der Waals surface area contributed by atoms with E-state index in [2.05, 4.69) is 20.6 Å². The first-order chi connectivity index (χ1) is 11.2. The largest absolute Gasteiger partial charge is 0.371 e. The van der Waals surface area contributed by atoms with Crippen LogP contribution in [0.25, 0.3) is 0 Å². The first kappa shape index (κ1) is 15.4. The Morgan fingerprint density at radius 1 is 1.26 bits per heavy atom. The van der Waals surface area contributed by atoms with Crippen molar-refractivity contribution in [3.63, 3.8) is 0 Å². The first-order valence-electron chi connectivity index (χ1n) is 7.74. The summed E-state index contributed by atoms with van der Waals surface area (Å²) in [6.45, 7) is 2.59. The molecule has 0 spiro atoms. The summed E-state index contributed by atoms with van der Waals surface area (Å²) in [7, 11) is 0. The minimum absolute atomic E-state index is 0.0610. The smallest absolute Gasteiger partial charge is 0.319 e. The molecule has 0 aliphatic carbocycles. The topological polar surface area (TPSA) is 76.1 Å². The summed E-state index contributed by atoms with van der Waals surface area (Å²) in [5.41, 5.74) is 2.62. The molecule has 6 nitrogen and oxygen atoms in total. The summed E-state index contributed by atoms with van der Waals surface area (Å²) in [6.07, 6.45) is 6.83. The lowest BCUT2D eigenvalue weighted by Gasteiger charge is -2.32. The third-order valence-corrected chi connectivity index (χ3v) is 3.83. The molecule has 120 valence electrons. The number of nitrogens with zero attached hydrogens (tertiary/aromatic N) is 2. The molecule has 2 aromatic rings. The fraction of sp³-hybridized carbons (Fsp3) is 0.353. The van der Waals surface area contributed by atoms with Crippen LogP contribution >= 0.6 is 0 Å². The van der Waals surface area contributed by atoms with E-state index in [0.29, 0.717) is 6.61 Å². The van der Waals surface area contributed by atoms with Crippen LogP contribution in [0.15, 0.2) is 42.9 Å². The molecule has 1 fully saturated rings. The molecule has 0 aromatic carbocycles. The summed E-state index contributed by atoms with van der Waals surface area (Å²) >= 11 is 0. The van der Waals surface area contributed by atoms with Crippen molar-refractivity contribution >= 4 is 11.7 Å². The van der Waals surface area contributed by atoms with Crippen LogP contribution in [0.2, 0.25) is 0 Å². The first-order valence-corrected chi connectivity index (χ1v) is 7.74. The highest BCUT2D eigenvalue weighted by molar-refractivity contribution is 5.89. The number of anilines is 1. The molecule has 3 rings (SSSR count). The SMILES string of the molecule is Cc1cc(NC(=O)N[C@H]2CCCO[C@@H]2c2ccncc2)ccn1. The normalized spacial score (nSPS) is 20.7. The molecule has 2 aromatic heterocycles. The average molecular weight is 312 g/mol. The molecule has 2 N–H and O–H groups in total. The molecule has 0 radical (unpaired) electrons. The van der Waals surface area contributed by atoms with E-state index in [-0.39, 0.29) is 18.2 Å². The van der Waals surface area contributed by atoms with Crippen LogP contribution in [0.1, 0.15) is 30.2 Å². The molecule has 2 amide bonds. The quantitative estimate of drug-likeness (QED) is 0.913. The summed E-state index contributed by atoms with van der Waals surface area (Å²) in [5, 5.41) is 5.86. The second-order valence-electron chi connectivity index (χ2n) is 5.61. The number of carbonyl (C=O) groups excluding carboxylic acids is 1. The molecule has 0 unspecified atom stereocenters. The minimum atomic E-state index is -0.231. The minimum Gasteiger partial charge on any atom is -0.371 e. The lowest BCUT2D eigenvalue weighted by Crippen LogP contribution is -2.44. The van der Waals surface area contributed by atoms with E-state index in [1.807, 2.05) is 25.1 Å².